The monoisotopic (exact) mass is 281 g/mol. The molecule has 1 aromatic carbocycles. The Morgan fingerprint density at radius 1 is 1.29 bits per heavy atom. The van der Waals surface area contributed by atoms with Crippen LogP contribution in [0.3, 0.4) is 0 Å². The number of anilines is 1. The molecule has 2 fully saturated rings. The molecule has 3 nitrogen and oxygen atoms in total. The van der Waals surface area contributed by atoms with Crippen molar-refractivity contribution in [2.24, 2.45) is 22.3 Å². The minimum atomic E-state index is 0.197. The highest BCUT2D eigenvalue weighted by atomic mass is 15.1. The Balaban J connectivity index is 1.76. The first-order valence-electron chi connectivity index (χ1n) is 7.99. The first-order chi connectivity index (χ1) is 10.1. The van der Waals surface area contributed by atoms with E-state index in [9.17, 15) is 0 Å². The van der Waals surface area contributed by atoms with Crippen LogP contribution in [-0.4, -0.2) is 5.71 Å². The van der Waals surface area contributed by atoms with Crippen LogP contribution in [0, 0.1) is 11.3 Å². The molecule has 1 aromatic rings. The van der Waals surface area contributed by atoms with E-state index in [1.165, 1.54) is 36.1 Å². The van der Waals surface area contributed by atoms with Crippen LogP contribution in [0.5, 0.6) is 0 Å². The van der Waals surface area contributed by atoms with Crippen molar-refractivity contribution in [3.8, 4) is 0 Å². The van der Waals surface area contributed by atoms with Gasteiger partial charge in [-0.1, -0.05) is 24.6 Å². The van der Waals surface area contributed by atoms with Crippen LogP contribution in [0.25, 0.3) is 0 Å². The number of hydrogen-bond acceptors (Lipinski definition) is 3. The molecule has 0 spiro atoms. The Bertz CT molecular complexity index is 658. The number of hydrazone groups is 1. The van der Waals surface area contributed by atoms with Gasteiger partial charge in [0.2, 0.25) is 0 Å². The highest BCUT2D eigenvalue weighted by Crippen LogP contribution is 2.58. The maximum atomic E-state index is 5.94. The van der Waals surface area contributed by atoms with E-state index >= 15 is 0 Å². The molecule has 0 bridgehead atoms. The van der Waals surface area contributed by atoms with Crippen LogP contribution in [-0.2, 0) is 6.42 Å². The highest BCUT2D eigenvalue weighted by molar-refractivity contribution is 5.93. The Hall–Kier alpha value is -1.77. The standard InChI is InChI=1S/C18H23N3/c1-18-9-8-14-13-5-3-12(19)10-11(13)2-4-15(14)16(18)6-7-17(18)21-20/h3-5,10,14,16H,2,6-9,19-20H2,1H3/b21-17+. The maximum absolute atomic E-state index is 5.94. The summed E-state index contributed by atoms with van der Waals surface area (Å²) < 4.78 is 0. The summed E-state index contributed by atoms with van der Waals surface area (Å²) in [6.45, 7) is 2.37. The fourth-order valence-corrected chi connectivity index (χ4v) is 4.99. The van der Waals surface area contributed by atoms with Crippen LogP contribution < -0.4 is 11.6 Å². The van der Waals surface area contributed by atoms with Gasteiger partial charge in [-0.15, -0.1) is 0 Å². The smallest absolute Gasteiger partial charge is 0.0441 e. The lowest BCUT2D eigenvalue weighted by molar-refractivity contribution is 0.256. The molecule has 4 rings (SSSR count). The van der Waals surface area contributed by atoms with Crippen LogP contribution in [0.2, 0.25) is 0 Å². The van der Waals surface area contributed by atoms with Gasteiger partial charge in [-0.25, -0.2) is 0 Å². The van der Waals surface area contributed by atoms with E-state index in [1.54, 1.807) is 5.57 Å². The first kappa shape index (κ1) is 12.9. The number of fused-ring (bicyclic) bond motifs is 5. The van der Waals surface area contributed by atoms with Crippen LogP contribution >= 0.6 is 0 Å². The normalized spacial score (nSPS) is 35.9. The third-order valence-corrected chi connectivity index (χ3v) is 6.11. The number of hydrogen-bond donors (Lipinski definition) is 2. The first-order valence-corrected chi connectivity index (χ1v) is 7.99. The van der Waals surface area contributed by atoms with Gasteiger partial charge in [-0.2, -0.15) is 5.10 Å². The summed E-state index contributed by atoms with van der Waals surface area (Å²) in [7, 11) is 0. The van der Waals surface area contributed by atoms with E-state index in [1.807, 2.05) is 0 Å². The van der Waals surface area contributed by atoms with Crippen molar-refractivity contribution in [2.45, 2.75) is 44.9 Å². The molecule has 0 saturated heterocycles. The lowest BCUT2D eigenvalue weighted by Gasteiger charge is -2.44. The quantitative estimate of drug-likeness (QED) is 0.331. The summed E-state index contributed by atoms with van der Waals surface area (Å²) in [6.07, 6.45) is 8.16. The van der Waals surface area contributed by atoms with Crippen molar-refractivity contribution in [2.75, 3.05) is 5.73 Å². The fraction of sp³-hybridized carbons (Fsp3) is 0.500. The summed E-state index contributed by atoms with van der Waals surface area (Å²) in [5.74, 6) is 6.86. The van der Waals surface area contributed by atoms with Gasteiger partial charge >= 0.3 is 0 Å². The lowest BCUT2D eigenvalue weighted by Crippen LogP contribution is -2.37. The molecule has 110 valence electrons. The van der Waals surface area contributed by atoms with E-state index in [2.05, 4.69) is 36.3 Å². The second-order valence-electron chi connectivity index (χ2n) is 7.04. The molecule has 0 amide bonds. The average Bonchev–Trinajstić information content (AvgIpc) is 2.83. The molecule has 0 radical (unpaired) electrons. The van der Waals surface area contributed by atoms with Crippen molar-refractivity contribution < 1.29 is 0 Å². The zero-order valence-corrected chi connectivity index (χ0v) is 12.6. The van der Waals surface area contributed by atoms with Gasteiger partial charge in [0.25, 0.3) is 0 Å². The summed E-state index contributed by atoms with van der Waals surface area (Å²) in [5, 5.41) is 4.11. The Labute approximate surface area is 126 Å². The second kappa shape index (κ2) is 4.36. The molecule has 0 aromatic heterocycles. The molecule has 3 heteroatoms. The van der Waals surface area contributed by atoms with Crippen LogP contribution in [0.15, 0.2) is 34.9 Å². The third kappa shape index (κ3) is 1.69. The molecule has 2 saturated carbocycles. The third-order valence-electron chi connectivity index (χ3n) is 6.11. The molecular formula is C18H23N3. The SMILES string of the molecule is CC12CCC3C(=CCc4cc(N)ccc43)C1CC/C2=N\N. The number of nitrogen functional groups attached to an aromatic ring is 1. The van der Waals surface area contributed by atoms with Crippen molar-refractivity contribution in [1.29, 1.82) is 0 Å². The fourth-order valence-electron chi connectivity index (χ4n) is 4.99. The molecule has 3 atom stereocenters. The summed E-state index contributed by atoms with van der Waals surface area (Å²) in [6, 6.07) is 6.45. The molecule has 3 aliphatic rings. The van der Waals surface area contributed by atoms with Crippen molar-refractivity contribution in [3.05, 3.63) is 41.0 Å². The van der Waals surface area contributed by atoms with E-state index in [4.69, 9.17) is 11.6 Å². The van der Waals surface area contributed by atoms with Gasteiger partial charge in [0, 0.05) is 22.7 Å². The maximum Gasteiger partial charge on any atom is 0.0441 e. The van der Waals surface area contributed by atoms with Crippen molar-refractivity contribution in [3.63, 3.8) is 0 Å². The zero-order chi connectivity index (χ0) is 14.6. The Kier molecular flexibility index (Phi) is 2.69. The molecule has 3 aliphatic carbocycles. The Morgan fingerprint density at radius 2 is 2.14 bits per heavy atom. The molecular weight excluding hydrogens is 258 g/mol. The largest absolute Gasteiger partial charge is 0.399 e. The van der Waals surface area contributed by atoms with Gasteiger partial charge in [0.1, 0.15) is 0 Å². The van der Waals surface area contributed by atoms with Crippen LogP contribution in [0.1, 0.15) is 49.7 Å². The number of benzene rings is 1. The number of allylic oxidation sites excluding steroid dienone is 2. The van der Waals surface area contributed by atoms with Gasteiger partial charge in [-0.05, 0) is 61.3 Å². The number of rotatable bonds is 0. The van der Waals surface area contributed by atoms with Gasteiger partial charge in [0.05, 0.1) is 0 Å². The molecule has 4 N–H and O–H groups in total. The molecule has 0 aliphatic heterocycles. The molecule has 21 heavy (non-hydrogen) atoms. The van der Waals surface area contributed by atoms with Crippen LogP contribution in [0.4, 0.5) is 5.69 Å². The molecule has 0 heterocycles. The van der Waals surface area contributed by atoms with Gasteiger partial charge in [0.15, 0.2) is 0 Å². The predicted octanol–water partition coefficient (Wildman–Crippen LogP) is 3.36. The number of nitrogens with two attached hydrogens (primary N) is 2. The topological polar surface area (TPSA) is 64.4 Å². The van der Waals surface area contributed by atoms with Gasteiger partial charge < -0.3 is 11.6 Å². The van der Waals surface area contributed by atoms with Crippen molar-refractivity contribution >= 4 is 11.4 Å². The summed E-state index contributed by atoms with van der Waals surface area (Å²) in [4.78, 5) is 0. The minimum absolute atomic E-state index is 0.197. The summed E-state index contributed by atoms with van der Waals surface area (Å²) in [5.41, 5.74) is 12.8. The average molecular weight is 281 g/mol. The van der Waals surface area contributed by atoms with E-state index < -0.39 is 0 Å². The van der Waals surface area contributed by atoms with E-state index in [0.717, 1.165) is 18.5 Å². The number of nitrogens with zero attached hydrogens (tertiary/aromatic N) is 1. The lowest BCUT2D eigenvalue weighted by atomic mass is 9.60. The predicted molar refractivity (Wildman–Crippen MR) is 87.1 cm³/mol. The Morgan fingerprint density at radius 3 is 2.95 bits per heavy atom. The molecule has 3 unspecified atom stereocenters. The van der Waals surface area contributed by atoms with Gasteiger partial charge in [-0.3, -0.25) is 0 Å². The minimum Gasteiger partial charge on any atom is -0.399 e. The second-order valence-corrected chi connectivity index (χ2v) is 7.04. The van der Waals surface area contributed by atoms with E-state index in [0.29, 0.717) is 11.8 Å². The zero-order valence-electron chi connectivity index (χ0n) is 12.6. The van der Waals surface area contributed by atoms with Crippen molar-refractivity contribution in [1.82, 2.24) is 0 Å². The van der Waals surface area contributed by atoms with E-state index in [-0.39, 0.29) is 5.41 Å². The summed E-state index contributed by atoms with van der Waals surface area (Å²) >= 11 is 0. The highest BCUT2D eigenvalue weighted by Gasteiger charge is 2.50.